The van der Waals surface area contributed by atoms with E-state index in [2.05, 4.69) is 10.2 Å². The number of rotatable bonds is 6. The quantitative estimate of drug-likeness (QED) is 0.156. The topological polar surface area (TPSA) is 43.6 Å². The van der Waals surface area contributed by atoms with E-state index in [0.717, 1.165) is 42.2 Å². The van der Waals surface area contributed by atoms with Crippen molar-refractivity contribution in [1.29, 1.82) is 0 Å². The van der Waals surface area contributed by atoms with Crippen LogP contribution in [0.3, 0.4) is 0 Å². The molecule has 17 heteroatoms. The van der Waals surface area contributed by atoms with Crippen LogP contribution in [0.25, 0.3) is 82.3 Å². The minimum atomic E-state index is -5.31. The maximum atomic E-state index is 14.0. The second-order valence-electron chi connectivity index (χ2n) is 14.6. The minimum absolute atomic E-state index is 0.118. The van der Waals surface area contributed by atoms with E-state index in [1.165, 1.54) is 35.6 Å². The molecule has 0 N–H and O–H groups in total. The van der Waals surface area contributed by atoms with Crippen molar-refractivity contribution in [3.8, 4) is 61.3 Å². The molecule has 2 aromatic heterocycles. The Labute approximate surface area is 357 Å². The van der Waals surface area contributed by atoms with Crippen molar-refractivity contribution in [2.45, 2.75) is 24.7 Å². The first-order chi connectivity index (χ1) is 30.2. The summed E-state index contributed by atoms with van der Waals surface area (Å²) in [6, 6.07) is 33.8. The van der Waals surface area contributed by atoms with E-state index in [1.807, 2.05) is 84.9 Å². The van der Waals surface area contributed by atoms with Crippen molar-refractivity contribution in [1.82, 2.24) is 19.7 Å². The SMILES string of the molecule is FC(F)(F)c1cc(-c2nnc(-c3cc(C(F)(F)F)cc(C(F)(F)F)c3)n2-c2ccc(-c3cc(-c4nc5ccccc5s4)cc(-c4cccc5ccccc45)c3)cc2)cc(C(F)(F)F)c1. The summed E-state index contributed by atoms with van der Waals surface area (Å²) in [6.07, 6.45) is -21.2. The molecule has 0 atom stereocenters. The van der Waals surface area contributed by atoms with Crippen LogP contribution in [-0.2, 0) is 24.7 Å². The zero-order chi connectivity index (χ0) is 45.3. The van der Waals surface area contributed by atoms with E-state index in [1.54, 1.807) is 0 Å². The highest BCUT2D eigenvalue weighted by molar-refractivity contribution is 7.21. The highest BCUT2D eigenvalue weighted by atomic mass is 32.1. The average Bonchev–Trinajstić information content (AvgIpc) is 3.90. The molecule has 0 aliphatic carbocycles. The fraction of sp³-hybridized carbons (Fsp3) is 0.0851. The van der Waals surface area contributed by atoms with Crippen molar-refractivity contribution in [3.05, 3.63) is 168 Å². The van der Waals surface area contributed by atoms with Crippen LogP contribution < -0.4 is 0 Å². The van der Waals surface area contributed by atoms with Gasteiger partial charge in [-0.3, -0.25) is 4.57 Å². The molecule has 0 unspecified atom stereocenters. The van der Waals surface area contributed by atoms with Gasteiger partial charge in [0.2, 0.25) is 0 Å². The smallest absolute Gasteiger partial charge is 0.275 e. The van der Waals surface area contributed by atoms with E-state index in [-0.39, 0.29) is 17.8 Å². The highest BCUT2D eigenvalue weighted by Gasteiger charge is 2.39. The summed E-state index contributed by atoms with van der Waals surface area (Å²) in [6.45, 7) is 0. The normalized spacial score (nSPS) is 12.7. The Balaban J connectivity index is 1.25. The average molecular weight is 905 g/mol. The Bertz CT molecular complexity index is 3040. The van der Waals surface area contributed by atoms with Gasteiger partial charge in [-0.15, -0.1) is 21.5 Å². The molecule has 9 aromatic rings. The third-order valence-electron chi connectivity index (χ3n) is 10.4. The molecule has 4 nitrogen and oxygen atoms in total. The lowest BCUT2D eigenvalue weighted by Gasteiger charge is -2.17. The fourth-order valence-electron chi connectivity index (χ4n) is 7.42. The molecule has 0 aliphatic rings. The number of fused-ring (bicyclic) bond motifs is 2. The number of benzene rings is 7. The number of alkyl halides is 12. The van der Waals surface area contributed by atoms with Gasteiger partial charge in [0.15, 0.2) is 11.6 Å². The number of halogens is 12. The fourth-order valence-corrected chi connectivity index (χ4v) is 8.37. The first-order valence-corrected chi connectivity index (χ1v) is 19.7. The molecule has 0 saturated heterocycles. The molecule has 7 aromatic carbocycles. The number of thiazole rings is 1. The van der Waals surface area contributed by atoms with Gasteiger partial charge in [0.25, 0.3) is 0 Å². The Morgan fingerprint density at radius 2 is 0.891 bits per heavy atom. The molecule has 0 aliphatic heterocycles. The molecule has 0 radical (unpaired) electrons. The highest BCUT2D eigenvalue weighted by Crippen LogP contribution is 2.43. The van der Waals surface area contributed by atoms with Gasteiger partial charge >= 0.3 is 24.7 Å². The Kier molecular flexibility index (Phi) is 10.2. The summed E-state index contributed by atoms with van der Waals surface area (Å²) in [7, 11) is 0. The van der Waals surface area contributed by atoms with Crippen LogP contribution in [0.15, 0.2) is 146 Å². The van der Waals surface area contributed by atoms with Crippen LogP contribution in [0.4, 0.5) is 52.7 Å². The molecule has 64 heavy (non-hydrogen) atoms. The molecule has 0 fully saturated rings. The van der Waals surface area contributed by atoms with Gasteiger partial charge in [0.05, 0.1) is 32.5 Å². The molecule has 0 amide bonds. The van der Waals surface area contributed by atoms with Gasteiger partial charge in [-0.05, 0) is 112 Å². The van der Waals surface area contributed by atoms with Crippen LogP contribution in [-0.4, -0.2) is 19.7 Å². The van der Waals surface area contributed by atoms with E-state index in [4.69, 9.17) is 4.98 Å². The molecule has 0 bridgehead atoms. The Hall–Kier alpha value is -7.01. The van der Waals surface area contributed by atoms with Crippen molar-refractivity contribution < 1.29 is 52.7 Å². The van der Waals surface area contributed by atoms with Crippen molar-refractivity contribution in [2.24, 2.45) is 0 Å². The van der Waals surface area contributed by atoms with E-state index in [9.17, 15) is 52.7 Å². The number of aromatic nitrogens is 4. The second-order valence-corrected chi connectivity index (χ2v) is 15.7. The van der Waals surface area contributed by atoms with Crippen LogP contribution in [0.2, 0.25) is 0 Å². The molecule has 0 spiro atoms. The summed E-state index contributed by atoms with van der Waals surface area (Å²) < 4.78 is 170. The maximum Gasteiger partial charge on any atom is 0.416 e. The Morgan fingerprint density at radius 3 is 1.44 bits per heavy atom. The zero-order valence-electron chi connectivity index (χ0n) is 32.1. The lowest BCUT2D eigenvalue weighted by molar-refractivity contribution is -0.144. The minimum Gasteiger partial charge on any atom is -0.275 e. The Morgan fingerprint density at radius 1 is 0.406 bits per heavy atom. The molecule has 322 valence electrons. The molecular formula is C47H24F12N4S. The van der Waals surface area contributed by atoms with Crippen LogP contribution in [0.1, 0.15) is 22.3 Å². The van der Waals surface area contributed by atoms with E-state index in [0.29, 0.717) is 40.4 Å². The summed E-state index contributed by atoms with van der Waals surface area (Å²) in [5.41, 5.74) is -4.36. The van der Waals surface area contributed by atoms with Gasteiger partial charge < -0.3 is 0 Å². The van der Waals surface area contributed by atoms with Gasteiger partial charge in [-0.2, -0.15) is 52.7 Å². The predicted octanol–water partition coefficient (Wildman–Crippen LogP) is 15.4. The zero-order valence-corrected chi connectivity index (χ0v) is 32.9. The third kappa shape index (κ3) is 8.18. The van der Waals surface area contributed by atoms with Crippen LogP contribution >= 0.6 is 11.3 Å². The largest absolute Gasteiger partial charge is 0.416 e. The second kappa shape index (κ2) is 15.4. The summed E-state index contributed by atoms with van der Waals surface area (Å²) in [5.74, 6) is -1.47. The first kappa shape index (κ1) is 42.3. The summed E-state index contributed by atoms with van der Waals surface area (Å²) >= 11 is 1.46. The van der Waals surface area contributed by atoms with E-state index < -0.39 is 69.7 Å². The lowest BCUT2D eigenvalue weighted by atomic mass is 9.93. The molecule has 0 saturated carbocycles. The van der Waals surface area contributed by atoms with Crippen molar-refractivity contribution in [3.63, 3.8) is 0 Å². The first-order valence-electron chi connectivity index (χ1n) is 18.9. The van der Waals surface area contributed by atoms with E-state index >= 15 is 0 Å². The number of para-hydroxylation sites is 1. The summed E-state index contributed by atoms with van der Waals surface area (Å²) in [5, 5.41) is 10.2. The monoisotopic (exact) mass is 904 g/mol. The van der Waals surface area contributed by atoms with Crippen LogP contribution in [0.5, 0.6) is 0 Å². The van der Waals surface area contributed by atoms with Gasteiger partial charge in [0, 0.05) is 22.4 Å². The van der Waals surface area contributed by atoms with Crippen molar-refractivity contribution in [2.75, 3.05) is 0 Å². The number of nitrogens with zero attached hydrogens (tertiary/aromatic N) is 4. The number of hydrogen-bond acceptors (Lipinski definition) is 4. The van der Waals surface area contributed by atoms with Crippen LogP contribution in [0, 0.1) is 0 Å². The van der Waals surface area contributed by atoms with Gasteiger partial charge in [-0.25, -0.2) is 4.98 Å². The number of hydrogen-bond donors (Lipinski definition) is 0. The standard InChI is InChI=1S/C47H24F12N4S/c48-44(49,50)32-19-29(20-33(23-32)45(51,52)53)41-61-62-42(30-21-34(46(54,55)56)24-35(22-30)47(57,58)59)63(41)36-14-12-25(13-15-36)27-16-28(38-9-5-7-26-6-1-2-8-37(26)38)18-31(17-27)43-60-39-10-3-4-11-40(39)64-43/h1-24H. The maximum absolute atomic E-state index is 14.0. The van der Waals surface area contributed by atoms with Gasteiger partial charge in [0.1, 0.15) is 5.01 Å². The van der Waals surface area contributed by atoms with Crippen molar-refractivity contribution >= 4 is 32.3 Å². The molecule has 2 heterocycles. The predicted molar refractivity (Wildman–Crippen MR) is 219 cm³/mol. The van der Waals surface area contributed by atoms with Gasteiger partial charge in [-0.1, -0.05) is 66.7 Å². The third-order valence-corrected chi connectivity index (χ3v) is 11.5. The summed E-state index contributed by atoms with van der Waals surface area (Å²) in [4.78, 5) is 4.84. The lowest BCUT2D eigenvalue weighted by Crippen LogP contribution is -2.12. The molecule has 9 rings (SSSR count). The molecular weight excluding hydrogens is 881 g/mol.